The lowest BCUT2D eigenvalue weighted by Crippen LogP contribution is -2.43. The van der Waals surface area contributed by atoms with Crippen molar-refractivity contribution in [2.45, 2.75) is 31.6 Å². The number of hydrogen-bond acceptors (Lipinski definition) is 7. The topological polar surface area (TPSA) is 111 Å². The van der Waals surface area contributed by atoms with E-state index in [4.69, 9.17) is 4.74 Å². The predicted molar refractivity (Wildman–Crippen MR) is 97.7 cm³/mol. The van der Waals surface area contributed by atoms with Crippen LogP contribution < -0.4 is 10.6 Å². The highest BCUT2D eigenvalue weighted by Crippen LogP contribution is 2.23. The number of pyridine rings is 1. The molecule has 0 fully saturated rings. The minimum absolute atomic E-state index is 0.0458. The van der Waals surface area contributed by atoms with Crippen LogP contribution in [0, 0.1) is 0 Å². The number of nitrogens with one attached hydrogen (secondary N) is 2. The first kappa shape index (κ1) is 19.9. The van der Waals surface area contributed by atoms with Gasteiger partial charge in [0.15, 0.2) is 11.0 Å². The van der Waals surface area contributed by atoms with Gasteiger partial charge < -0.3 is 10.1 Å². The van der Waals surface area contributed by atoms with Crippen LogP contribution in [0.15, 0.2) is 29.7 Å². The van der Waals surface area contributed by atoms with Gasteiger partial charge in [-0.1, -0.05) is 11.8 Å². The van der Waals surface area contributed by atoms with Gasteiger partial charge in [0.1, 0.15) is 0 Å². The Labute approximate surface area is 155 Å². The van der Waals surface area contributed by atoms with E-state index in [9.17, 15) is 9.59 Å². The second kappa shape index (κ2) is 9.88. The quantitative estimate of drug-likeness (QED) is 0.666. The molecule has 0 radical (unpaired) electrons. The van der Waals surface area contributed by atoms with Crippen molar-refractivity contribution in [2.75, 3.05) is 19.5 Å². The lowest BCUT2D eigenvalue weighted by Gasteiger charge is -2.10. The minimum Gasteiger partial charge on any atom is -0.383 e. The minimum atomic E-state index is -0.510. The summed E-state index contributed by atoms with van der Waals surface area (Å²) in [6, 6.07) is 3.12. The number of aromatic nitrogens is 4. The summed E-state index contributed by atoms with van der Waals surface area (Å²) in [5, 5.41) is 13.8. The number of hydrogen-bond donors (Lipinski definition) is 2. The number of imide groups is 1. The number of ether oxygens (including phenoxy) is 1. The van der Waals surface area contributed by atoms with Crippen molar-refractivity contribution in [3.63, 3.8) is 0 Å². The molecule has 2 aromatic heterocycles. The predicted octanol–water partition coefficient (Wildman–Crippen LogP) is 1.31. The summed E-state index contributed by atoms with van der Waals surface area (Å²) >= 11 is 1.21. The summed E-state index contributed by atoms with van der Waals surface area (Å²) in [7, 11) is 1.62. The number of thioether (sulfide) groups is 1. The molecule has 0 aromatic carbocycles. The Bertz CT molecular complexity index is 735. The fraction of sp³-hybridized carbons (Fsp3) is 0.438. The van der Waals surface area contributed by atoms with Gasteiger partial charge in [0, 0.05) is 31.1 Å². The van der Waals surface area contributed by atoms with Gasteiger partial charge in [-0.05, 0) is 26.0 Å². The summed E-state index contributed by atoms with van der Waals surface area (Å²) < 4.78 is 7.03. The normalized spacial score (nSPS) is 10.8. The maximum absolute atomic E-state index is 11.9. The highest BCUT2D eigenvalue weighted by molar-refractivity contribution is 7.99. The van der Waals surface area contributed by atoms with Crippen molar-refractivity contribution in [3.8, 4) is 11.4 Å². The second-order valence-corrected chi connectivity index (χ2v) is 6.59. The fourth-order valence-electron chi connectivity index (χ4n) is 2.09. The van der Waals surface area contributed by atoms with Crippen LogP contribution in [0.25, 0.3) is 11.4 Å². The SMILES string of the molecule is COCCn1c(SCC(=O)NC(=O)NC(C)C)nnc1-c1ccncc1. The fourth-order valence-corrected chi connectivity index (χ4v) is 2.85. The third kappa shape index (κ3) is 5.81. The van der Waals surface area contributed by atoms with E-state index in [1.807, 2.05) is 30.5 Å². The first-order valence-corrected chi connectivity index (χ1v) is 9.05. The number of methoxy groups -OCH3 is 1. The molecular formula is C16H22N6O3S. The summed E-state index contributed by atoms with van der Waals surface area (Å²) in [5.41, 5.74) is 0.871. The van der Waals surface area contributed by atoms with Crippen LogP contribution in [0.1, 0.15) is 13.8 Å². The van der Waals surface area contributed by atoms with E-state index < -0.39 is 11.9 Å². The molecule has 0 aliphatic rings. The first-order valence-electron chi connectivity index (χ1n) is 8.07. The molecule has 0 aliphatic heterocycles. The van der Waals surface area contributed by atoms with Crippen molar-refractivity contribution < 1.29 is 14.3 Å². The van der Waals surface area contributed by atoms with Crippen LogP contribution in [-0.4, -0.2) is 57.2 Å². The molecule has 0 saturated carbocycles. The number of carbonyl (C=O) groups is 2. The van der Waals surface area contributed by atoms with Crippen molar-refractivity contribution in [1.29, 1.82) is 0 Å². The Morgan fingerprint density at radius 2 is 2.00 bits per heavy atom. The summed E-state index contributed by atoms with van der Waals surface area (Å²) in [5.74, 6) is 0.317. The van der Waals surface area contributed by atoms with Gasteiger partial charge in [0.25, 0.3) is 0 Å². The maximum Gasteiger partial charge on any atom is 0.321 e. The zero-order valence-corrected chi connectivity index (χ0v) is 15.7. The molecule has 0 spiro atoms. The van der Waals surface area contributed by atoms with Crippen molar-refractivity contribution in [2.24, 2.45) is 0 Å². The van der Waals surface area contributed by atoms with Gasteiger partial charge >= 0.3 is 6.03 Å². The van der Waals surface area contributed by atoms with Gasteiger partial charge in [-0.3, -0.25) is 19.7 Å². The van der Waals surface area contributed by atoms with Crippen molar-refractivity contribution in [1.82, 2.24) is 30.4 Å². The Morgan fingerprint density at radius 1 is 1.27 bits per heavy atom. The molecule has 0 unspecified atom stereocenters. The van der Waals surface area contributed by atoms with E-state index in [-0.39, 0.29) is 11.8 Å². The molecule has 26 heavy (non-hydrogen) atoms. The van der Waals surface area contributed by atoms with Crippen LogP contribution in [-0.2, 0) is 16.1 Å². The molecule has 0 atom stereocenters. The molecule has 0 aliphatic carbocycles. The van der Waals surface area contributed by atoms with E-state index in [2.05, 4.69) is 25.8 Å². The monoisotopic (exact) mass is 378 g/mol. The van der Waals surface area contributed by atoms with E-state index in [0.717, 1.165) is 5.56 Å². The number of carbonyl (C=O) groups excluding carboxylic acids is 2. The average Bonchev–Trinajstić information content (AvgIpc) is 3.00. The molecule has 2 aromatic rings. The third-order valence-electron chi connectivity index (χ3n) is 3.18. The molecule has 0 bridgehead atoms. The van der Waals surface area contributed by atoms with Crippen LogP contribution in [0.3, 0.4) is 0 Å². The zero-order valence-electron chi connectivity index (χ0n) is 14.9. The second-order valence-electron chi connectivity index (χ2n) is 5.65. The molecule has 3 amide bonds. The average molecular weight is 378 g/mol. The van der Waals surface area contributed by atoms with Crippen molar-refractivity contribution in [3.05, 3.63) is 24.5 Å². The molecule has 0 saturated heterocycles. The molecule has 9 nitrogen and oxygen atoms in total. The zero-order chi connectivity index (χ0) is 18.9. The van der Waals surface area contributed by atoms with Crippen molar-refractivity contribution >= 4 is 23.7 Å². The highest BCUT2D eigenvalue weighted by Gasteiger charge is 2.16. The summed E-state index contributed by atoms with van der Waals surface area (Å²) in [6.07, 6.45) is 3.36. The van der Waals surface area contributed by atoms with Crippen LogP contribution in [0.5, 0.6) is 0 Å². The molecular weight excluding hydrogens is 356 g/mol. The molecule has 140 valence electrons. The maximum atomic E-state index is 11.9. The largest absolute Gasteiger partial charge is 0.383 e. The van der Waals surface area contributed by atoms with E-state index >= 15 is 0 Å². The number of nitrogens with zero attached hydrogens (tertiary/aromatic N) is 4. The van der Waals surface area contributed by atoms with Gasteiger partial charge in [-0.2, -0.15) is 0 Å². The third-order valence-corrected chi connectivity index (χ3v) is 4.15. The Balaban J connectivity index is 2.05. The molecule has 2 rings (SSSR count). The van der Waals surface area contributed by atoms with Crippen LogP contribution >= 0.6 is 11.8 Å². The lowest BCUT2D eigenvalue weighted by atomic mass is 10.2. The van der Waals surface area contributed by atoms with Gasteiger partial charge in [-0.15, -0.1) is 10.2 Å². The Morgan fingerprint density at radius 3 is 2.65 bits per heavy atom. The molecule has 2 N–H and O–H groups in total. The highest BCUT2D eigenvalue weighted by atomic mass is 32.2. The number of rotatable bonds is 8. The molecule has 2 heterocycles. The van der Waals surface area contributed by atoms with E-state index in [1.54, 1.807) is 19.5 Å². The van der Waals surface area contributed by atoms with Crippen LogP contribution in [0.4, 0.5) is 4.79 Å². The standard InChI is InChI=1S/C16H22N6O3S/c1-11(2)18-15(24)19-13(23)10-26-16-21-20-14(22(16)8-9-25-3)12-4-6-17-7-5-12/h4-7,11H,8-10H2,1-3H3,(H2,18,19,23,24). The van der Waals surface area contributed by atoms with Crippen LogP contribution in [0.2, 0.25) is 0 Å². The smallest absolute Gasteiger partial charge is 0.321 e. The Kier molecular flexibility index (Phi) is 7.54. The molecule has 10 heteroatoms. The van der Waals surface area contributed by atoms with Gasteiger partial charge in [0.05, 0.1) is 18.9 Å². The van der Waals surface area contributed by atoms with E-state index in [1.165, 1.54) is 11.8 Å². The number of urea groups is 1. The Hall–Kier alpha value is -2.46. The van der Waals surface area contributed by atoms with Gasteiger partial charge in [-0.25, -0.2) is 4.79 Å². The number of amides is 3. The lowest BCUT2D eigenvalue weighted by molar-refractivity contribution is -0.117. The summed E-state index contributed by atoms with van der Waals surface area (Å²) in [6.45, 7) is 4.65. The summed E-state index contributed by atoms with van der Waals surface area (Å²) in [4.78, 5) is 27.5. The van der Waals surface area contributed by atoms with E-state index in [0.29, 0.717) is 24.1 Å². The first-order chi connectivity index (χ1) is 12.5. The van der Waals surface area contributed by atoms with Gasteiger partial charge in [0.2, 0.25) is 5.91 Å².